The van der Waals surface area contributed by atoms with Crippen LogP contribution in [0, 0.1) is 0 Å². The first-order valence-corrected chi connectivity index (χ1v) is 7.73. The number of benzene rings is 2. The van der Waals surface area contributed by atoms with E-state index in [9.17, 15) is 0 Å². The predicted molar refractivity (Wildman–Crippen MR) is 87.6 cm³/mol. The smallest absolute Gasteiger partial charge is 0.126 e. The number of likely N-dealkylation sites (tertiary alicyclic amines) is 1. The molecular formula is C18H24N2O. The van der Waals surface area contributed by atoms with Gasteiger partial charge in [0.2, 0.25) is 0 Å². The second-order valence-corrected chi connectivity index (χ2v) is 6.08. The number of fused-ring (bicyclic) bond motifs is 1. The Morgan fingerprint density at radius 3 is 2.67 bits per heavy atom. The predicted octanol–water partition coefficient (Wildman–Crippen LogP) is 3.16. The van der Waals surface area contributed by atoms with Crippen molar-refractivity contribution in [1.82, 2.24) is 4.90 Å². The zero-order valence-corrected chi connectivity index (χ0v) is 12.9. The number of methoxy groups -OCH3 is 1. The SMILES string of the molecule is COc1ccc(CN2CC[C@@H](N)C[C@H]2C)c2ccccc12. The lowest BCUT2D eigenvalue weighted by Crippen LogP contribution is -2.44. The van der Waals surface area contributed by atoms with Crippen molar-refractivity contribution in [2.24, 2.45) is 5.73 Å². The van der Waals surface area contributed by atoms with E-state index < -0.39 is 0 Å². The van der Waals surface area contributed by atoms with Gasteiger partial charge in [0.05, 0.1) is 7.11 Å². The molecule has 0 radical (unpaired) electrons. The molecule has 0 aliphatic carbocycles. The molecule has 2 atom stereocenters. The molecule has 0 amide bonds. The Bertz CT molecular complexity index is 626. The van der Waals surface area contributed by atoms with Gasteiger partial charge in [0, 0.05) is 30.6 Å². The molecule has 112 valence electrons. The lowest BCUT2D eigenvalue weighted by molar-refractivity contribution is 0.140. The molecular weight excluding hydrogens is 260 g/mol. The van der Waals surface area contributed by atoms with Gasteiger partial charge >= 0.3 is 0 Å². The van der Waals surface area contributed by atoms with Gasteiger partial charge in [-0.1, -0.05) is 30.3 Å². The van der Waals surface area contributed by atoms with Crippen LogP contribution in [0.15, 0.2) is 36.4 Å². The Hall–Kier alpha value is -1.58. The van der Waals surface area contributed by atoms with Gasteiger partial charge in [-0.3, -0.25) is 4.90 Å². The van der Waals surface area contributed by atoms with Gasteiger partial charge in [-0.05, 0) is 36.8 Å². The van der Waals surface area contributed by atoms with Crippen LogP contribution in [0.2, 0.25) is 0 Å². The molecule has 0 unspecified atom stereocenters. The third-order valence-electron chi connectivity index (χ3n) is 4.62. The van der Waals surface area contributed by atoms with Crippen LogP contribution >= 0.6 is 0 Å². The third kappa shape index (κ3) is 2.89. The Morgan fingerprint density at radius 1 is 1.19 bits per heavy atom. The van der Waals surface area contributed by atoms with E-state index in [4.69, 9.17) is 10.5 Å². The minimum Gasteiger partial charge on any atom is -0.496 e. The Labute approximate surface area is 126 Å². The van der Waals surface area contributed by atoms with Crippen LogP contribution in [0.25, 0.3) is 10.8 Å². The maximum Gasteiger partial charge on any atom is 0.126 e. The first-order chi connectivity index (χ1) is 10.2. The Balaban J connectivity index is 1.91. The summed E-state index contributed by atoms with van der Waals surface area (Å²) in [4.78, 5) is 2.54. The highest BCUT2D eigenvalue weighted by molar-refractivity contribution is 5.91. The van der Waals surface area contributed by atoms with Gasteiger partial charge in [-0.25, -0.2) is 0 Å². The molecule has 2 aromatic rings. The number of ether oxygens (including phenoxy) is 1. The van der Waals surface area contributed by atoms with Crippen LogP contribution in [0.3, 0.4) is 0 Å². The molecule has 1 saturated heterocycles. The third-order valence-corrected chi connectivity index (χ3v) is 4.62. The monoisotopic (exact) mass is 284 g/mol. The van der Waals surface area contributed by atoms with Crippen LogP contribution in [-0.2, 0) is 6.54 Å². The van der Waals surface area contributed by atoms with Crippen molar-refractivity contribution in [2.45, 2.75) is 38.4 Å². The lowest BCUT2D eigenvalue weighted by atomic mass is 9.97. The molecule has 0 saturated carbocycles. The van der Waals surface area contributed by atoms with E-state index in [1.54, 1.807) is 7.11 Å². The summed E-state index contributed by atoms with van der Waals surface area (Å²) in [5.74, 6) is 0.947. The molecule has 1 heterocycles. The number of rotatable bonds is 3. The van der Waals surface area contributed by atoms with Gasteiger partial charge in [-0.2, -0.15) is 0 Å². The van der Waals surface area contributed by atoms with Crippen LogP contribution in [0.5, 0.6) is 5.75 Å². The summed E-state index contributed by atoms with van der Waals surface area (Å²) in [6.07, 6.45) is 2.19. The molecule has 0 spiro atoms. The molecule has 2 aromatic carbocycles. The topological polar surface area (TPSA) is 38.5 Å². The summed E-state index contributed by atoms with van der Waals surface area (Å²) in [7, 11) is 1.73. The minimum atomic E-state index is 0.365. The van der Waals surface area contributed by atoms with E-state index in [-0.39, 0.29) is 0 Å². The number of hydrogen-bond donors (Lipinski definition) is 1. The fourth-order valence-corrected chi connectivity index (χ4v) is 3.36. The van der Waals surface area contributed by atoms with Gasteiger partial charge in [0.15, 0.2) is 0 Å². The summed E-state index contributed by atoms with van der Waals surface area (Å²) in [5.41, 5.74) is 7.44. The number of hydrogen-bond acceptors (Lipinski definition) is 3. The van der Waals surface area contributed by atoms with Gasteiger partial charge in [-0.15, -0.1) is 0 Å². The second-order valence-electron chi connectivity index (χ2n) is 6.08. The summed E-state index contributed by atoms with van der Waals surface area (Å²) in [6.45, 7) is 4.35. The van der Waals surface area contributed by atoms with Crippen molar-refractivity contribution in [1.29, 1.82) is 0 Å². The second kappa shape index (κ2) is 6.04. The number of nitrogens with two attached hydrogens (primary N) is 1. The van der Waals surface area contributed by atoms with E-state index in [1.807, 2.05) is 0 Å². The molecule has 2 N–H and O–H groups in total. The molecule has 3 nitrogen and oxygen atoms in total. The van der Waals surface area contributed by atoms with Crippen LogP contribution < -0.4 is 10.5 Å². The highest BCUT2D eigenvalue weighted by Crippen LogP contribution is 2.30. The van der Waals surface area contributed by atoms with E-state index in [0.29, 0.717) is 12.1 Å². The van der Waals surface area contributed by atoms with Gasteiger partial charge in [0.1, 0.15) is 5.75 Å². The number of nitrogens with zero attached hydrogens (tertiary/aromatic N) is 1. The van der Waals surface area contributed by atoms with Gasteiger partial charge < -0.3 is 10.5 Å². The molecule has 0 bridgehead atoms. The van der Waals surface area contributed by atoms with Crippen LogP contribution in [0.1, 0.15) is 25.3 Å². The molecule has 3 heteroatoms. The fourth-order valence-electron chi connectivity index (χ4n) is 3.36. The minimum absolute atomic E-state index is 0.365. The highest BCUT2D eigenvalue weighted by atomic mass is 16.5. The van der Waals surface area contributed by atoms with Crippen molar-refractivity contribution in [2.75, 3.05) is 13.7 Å². The normalized spacial score (nSPS) is 23.4. The highest BCUT2D eigenvalue weighted by Gasteiger charge is 2.23. The average Bonchev–Trinajstić information content (AvgIpc) is 2.50. The molecule has 1 aliphatic rings. The van der Waals surface area contributed by atoms with E-state index in [0.717, 1.165) is 31.7 Å². The largest absolute Gasteiger partial charge is 0.496 e. The van der Waals surface area contributed by atoms with Gasteiger partial charge in [0.25, 0.3) is 0 Å². The first kappa shape index (κ1) is 14.4. The zero-order valence-electron chi connectivity index (χ0n) is 12.9. The Kier molecular flexibility index (Phi) is 4.13. The zero-order chi connectivity index (χ0) is 14.8. The lowest BCUT2D eigenvalue weighted by Gasteiger charge is -2.36. The average molecular weight is 284 g/mol. The summed E-state index contributed by atoms with van der Waals surface area (Å²) in [6, 6.07) is 13.7. The maximum atomic E-state index is 6.07. The quantitative estimate of drug-likeness (QED) is 0.941. The van der Waals surface area contributed by atoms with Crippen molar-refractivity contribution in [3.05, 3.63) is 42.0 Å². The van der Waals surface area contributed by atoms with Crippen molar-refractivity contribution in [3.63, 3.8) is 0 Å². The van der Waals surface area contributed by atoms with E-state index in [2.05, 4.69) is 48.2 Å². The molecule has 21 heavy (non-hydrogen) atoms. The first-order valence-electron chi connectivity index (χ1n) is 7.73. The van der Waals surface area contributed by atoms with E-state index in [1.165, 1.54) is 16.3 Å². The standard InChI is InChI=1S/C18H24N2O/c1-13-11-15(19)9-10-20(13)12-14-7-8-18(21-2)17-6-4-3-5-16(14)17/h3-8,13,15H,9-12,19H2,1-2H3/t13-,15-/m1/s1. The molecule has 1 fully saturated rings. The Morgan fingerprint density at radius 2 is 1.95 bits per heavy atom. The van der Waals surface area contributed by atoms with E-state index >= 15 is 0 Å². The summed E-state index contributed by atoms with van der Waals surface area (Å²) < 4.78 is 5.48. The molecule has 0 aromatic heterocycles. The summed E-state index contributed by atoms with van der Waals surface area (Å²) in [5, 5.41) is 2.48. The van der Waals surface area contributed by atoms with Crippen molar-refractivity contribution in [3.8, 4) is 5.75 Å². The molecule has 3 rings (SSSR count). The molecule has 1 aliphatic heterocycles. The fraction of sp³-hybridized carbons (Fsp3) is 0.444. The van der Waals surface area contributed by atoms with Crippen LogP contribution in [-0.4, -0.2) is 30.6 Å². The maximum absolute atomic E-state index is 6.07. The van der Waals surface area contributed by atoms with Crippen molar-refractivity contribution < 1.29 is 4.74 Å². The van der Waals surface area contributed by atoms with Crippen molar-refractivity contribution >= 4 is 10.8 Å². The summed E-state index contributed by atoms with van der Waals surface area (Å²) >= 11 is 0. The van der Waals surface area contributed by atoms with Crippen LogP contribution in [0.4, 0.5) is 0 Å². The number of piperidine rings is 1.